The zero-order chi connectivity index (χ0) is 23.4. The van der Waals surface area contributed by atoms with Crippen LogP contribution in [-0.2, 0) is 0 Å². The summed E-state index contributed by atoms with van der Waals surface area (Å²) in [6.45, 7) is 3.93. The van der Waals surface area contributed by atoms with Crippen molar-refractivity contribution in [3.63, 3.8) is 0 Å². The maximum Gasteiger partial charge on any atom is 0.327 e. The first kappa shape index (κ1) is 20.2. The van der Waals surface area contributed by atoms with Crippen LogP contribution in [0.5, 0.6) is 5.75 Å². The topological polar surface area (TPSA) is 103 Å². The fourth-order valence-electron chi connectivity index (χ4n) is 4.76. The van der Waals surface area contributed by atoms with Crippen LogP contribution in [0.3, 0.4) is 0 Å². The zero-order valence-corrected chi connectivity index (χ0v) is 18.5. The minimum Gasteiger partial charge on any atom is -0.488 e. The van der Waals surface area contributed by atoms with E-state index in [2.05, 4.69) is 15.1 Å². The normalized spacial score (nSPS) is 14.8. The lowest BCUT2D eigenvalue weighted by Gasteiger charge is -2.27. The summed E-state index contributed by atoms with van der Waals surface area (Å²) in [4.78, 5) is 33.9. The van der Waals surface area contributed by atoms with Crippen molar-refractivity contribution in [3.8, 4) is 16.9 Å². The Balaban J connectivity index is 1.70. The summed E-state index contributed by atoms with van der Waals surface area (Å²) in [5.74, 6) is 0.881. The number of ether oxygens (including phenoxy) is 1. The molecule has 2 aromatic carbocycles. The molecular weight excluding hydrogens is 432 g/mol. The number of hydrogen-bond donors (Lipinski definition) is 1. The van der Waals surface area contributed by atoms with Crippen LogP contribution in [0.15, 0.2) is 70.2 Å². The van der Waals surface area contributed by atoms with Crippen LogP contribution in [0.25, 0.3) is 22.2 Å². The largest absolute Gasteiger partial charge is 0.488 e. The Kier molecular flexibility index (Phi) is 4.48. The van der Waals surface area contributed by atoms with Crippen molar-refractivity contribution >= 4 is 16.8 Å². The van der Waals surface area contributed by atoms with Gasteiger partial charge in [-0.1, -0.05) is 35.5 Å². The number of aromatic nitrogens is 4. The van der Waals surface area contributed by atoms with Gasteiger partial charge in [0.1, 0.15) is 17.9 Å². The standard InChI is InChI=1S/C26H20N4O4/c1-14-21(15(2)34-29-14)18-11-19(24(31)17-9-6-10-27-12-17)22-23-25(18)33-13-20(30(23)26(32)28-22)16-7-4-3-5-8-16/h3-12,20H,13H2,1-2H3,(H,28,32). The molecule has 0 spiro atoms. The third-order valence-corrected chi connectivity index (χ3v) is 6.30. The lowest BCUT2D eigenvalue weighted by atomic mass is 9.94. The summed E-state index contributed by atoms with van der Waals surface area (Å²) in [5.41, 5.74) is 4.49. The molecule has 0 amide bonds. The molecule has 0 saturated carbocycles. The van der Waals surface area contributed by atoms with Gasteiger partial charge in [0.2, 0.25) is 0 Å². The molecule has 168 valence electrons. The van der Waals surface area contributed by atoms with Crippen LogP contribution in [0, 0.1) is 13.8 Å². The van der Waals surface area contributed by atoms with Crippen molar-refractivity contribution in [1.29, 1.82) is 0 Å². The van der Waals surface area contributed by atoms with E-state index in [0.717, 1.165) is 11.1 Å². The Morgan fingerprint density at radius 1 is 1.15 bits per heavy atom. The third kappa shape index (κ3) is 2.92. The first-order chi connectivity index (χ1) is 16.5. The number of rotatable bonds is 4. The number of aryl methyl sites for hydroxylation is 2. The molecule has 3 aromatic heterocycles. The average Bonchev–Trinajstić information content (AvgIpc) is 3.40. The van der Waals surface area contributed by atoms with E-state index in [9.17, 15) is 9.59 Å². The summed E-state index contributed by atoms with van der Waals surface area (Å²) in [7, 11) is 0. The van der Waals surface area contributed by atoms with E-state index in [4.69, 9.17) is 9.26 Å². The van der Waals surface area contributed by atoms with Gasteiger partial charge in [-0.2, -0.15) is 0 Å². The second-order valence-electron chi connectivity index (χ2n) is 8.33. The number of carbonyl (C=O) groups excluding carboxylic acids is 1. The van der Waals surface area contributed by atoms with E-state index in [1.807, 2.05) is 44.2 Å². The Bertz CT molecular complexity index is 1590. The van der Waals surface area contributed by atoms with Crippen LogP contribution in [0.4, 0.5) is 0 Å². The molecule has 4 heterocycles. The summed E-state index contributed by atoms with van der Waals surface area (Å²) < 4.78 is 13.4. The molecule has 8 nitrogen and oxygen atoms in total. The number of H-pyrrole nitrogens is 1. The highest BCUT2D eigenvalue weighted by Gasteiger charge is 2.33. The van der Waals surface area contributed by atoms with Crippen LogP contribution < -0.4 is 10.4 Å². The molecule has 0 bridgehead atoms. The predicted molar refractivity (Wildman–Crippen MR) is 125 cm³/mol. The Morgan fingerprint density at radius 3 is 2.68 bits per heavy atom. The monoisotopic (exact) mass is 452 g/mol. The maximum atomic E-state index is 13.6. The Morgan fingerprint density at radius 2 is 1.97 bits per heavy atom. The van der Waals surface area contributed by atoms with Gasteiger partial charge in [-0.25, -0.2) is 4.79 Å². The molecule has 6 rings (SSSR count). The van der Waals surface area contributed by atoms with Gasteiger partial charge in [0, 0.05) is 29.1 Å². The molecule has 1 unspecified atom stereocenters. The van der Waals surface area contributed by atoms with Gasteiger partial charge in [0.25, 0.3) is 0 Å². The lowest BCUT2D eigenvalue weighted by molar-refractivity contribution is 0.103. The number of imidazole rings is 1. The van der Waals surface area contributed by atoms with E-state index < -0.39 is 0 Å². The van der Waals surface area contributed by atoms with Crippen molar-refractivity contribution in [2.45, 2.75) is 19.9 Å². The van der Waals surface area contributed by atoms with Gasteiger partial charge in [-0.15, -0.1) is 0 Å². The predicted octanol–water partition coefficient (Wildman–Crippen LogP) is 4.21. The van der Waals surface area contributed by atoms with E-state index in [0.29, 0.717) is 44.9 Å². The van der Waals surface area contributed by atoms with Gasteiger partial charge < -0.3 is 14.2 Å². The van der Waals surface area contributed by atoms with Crippen molar-refractivity contribution < 1.29 is 14.1 Å². The van der Waals surface area contributed by atoms with Gasteiger partial charge in [-0.05, 0) is 37.6 Å². The Labute approximate surface area is 193 Å². The quantitative estimate of drug-likeness (QED) is 0.410. The van der Waals surface area contributed by atoms with Crippen molar-refractivity contribution in [2.75, 3.05) is 6.61 Å². The molecule has 0 radical (unpaired) electrons. The van der Waals surface area contributed by atoms with Crippen LogP contribution >= 0.6 is 0 Å². The molecule has 1 aliphatic rings. The number of hydrogen-bond acceptors (Lipinski definition) is 6. The van der Waals surface area contributed by atoms with Crippen LogP contribution in [0.1, 0.15) is 39.0 Å². The number of benzene rings is 2. The highest BCUT2D eigenvalue weighted by Crippen LogP contribution is 2.44. The summed E-state index contributed by atoms with van der Waals surface area (Å²) in [5, 5.41) is 4.09. The van der Waals surface area contributed by atoms with Gasteiger partial charge in [-0.3, -0.25) is 14.3 Å². The molecule has 8 heteroatoms. The maximum absolute atomic E-state index is 13.6. The highest BCUT2D eigenvalue weighted by molar-refractivity contribution is 6.17. The van der Waals surface area contributed by atoms with Crippen molar-refractivity contribution in [3.05, 3.63) is 99.6 Å². The first-order valence-corrected chi connectivity index (χ1v) is 10.9. The SMILES string of the molecule is Cc1noc(C)c1-c1cc(C(=O)c2cccnc2)c2[nH]c(=O)n3c2c1OCC3c1ccccc1. The fraction of sp³-hybridized carbons (Fsp3) is 0.154. The van der Waals surface area contributed by atoms with Gasteiger partial charge in [0.15, 0.2) is 11.5 Å². The second-order valence-corrected chi connectivity index (χ2v) is 8.33. The number of pyridine rings is 1. The smallest absolute Gasteiger partial charge is 0.327 e. The molecule has 0 fully saturated rings. The Hall–Kier alpha value is -4.46. The fourth-order valence-corrected chi connectivity index (χ4v) is 4.76. The third-order valence-electron chi connectivity index (χ3n) is 6.30. The molecule has 1 aliphatic heterocycles. The molecular formula is C26H20N4O4. The summed E-state index contributed by atoms with van der Waals surface area (Å²) in [6, 6.07) is 14.5. The second kappa shape index (κ2) is 7.55. The number of nitrogens with zero attached hydrogens (tertiary/aromatic N) is 3. The molecule has 0 saturated heterocycles. The van der Waals surface area contributed by atoms with Crippen molar-refractivity contribution in [2.24, 2.45) is 0 Å². The van der Waals surface area contributed by atoms with E-state index in [-0.39, 0.29) is 24.1 Å². The van der Waals surface area contributed by atoms with Crippen molar-refractivity contribution in [1.82, 2.24) is 19.7 Å². The lowest BCUT2D eigenvalue weighted by Crippen LogP contribution is -2.30. The van der Waals surface area contributed by atoms with Crippen LogP contribution in [-0.4, -0.2) is 32.1 Å². The summed E-state index contributed by atoms with van der Waals surface area (Å²) in [6.07, 6.45) is 3.13. The molecule has 34 heavy (non-hydrogen) atoms. The van der Waals surface area contributed by atoms with E-state index in [1.54, 1.807) is 29.0 Å². The zero-order valence-electron chi connectivity index (χ0n) is 18.5. The average molecular weight is 452 g/mol. The first-order valence-electron chi connectivity index (χ1n) is 10.9. The molecule has 1 atom stereocenters. The number of nitrogens with one attached hydrogen (secondary N) is 1. The summed E-state index contributed by atoms with van der Waals surface area (Å²) >= 11 is 0. The highest BCUT2D eigenvalue weighted by atomic mass is 16.5. The molecule has 1 N–H and O–H groups in total. The van der Waals surface area contributed by atoms with Crippen LogP contribution in [0.2, 0.25) is 0 Å². The van der Waals surface area contributed by atoms with Gasteiger partial charge in [0.05, 0.1) is 22.8 Å². The minimum absolute atomic E-state index is 0.247. The van der Waals surface area contributed by atoms with E-state index >= 15 is 0 Å². The van der Waals surface area contributed by atoms with E-state index in [1.165, 1.54) is 6.20 Å². The molecule has 0 aliphatic carbocycles. The number of aromatic amines is 1. The molecule has 5 aromatic rings. The number of carbonyl (C=O) groups is 1. The van der Waals surface area contributed by atoms with Gasteiger partial charge >= 0.3 is 5.69 Å². The number of ketones is 1. The minimum atomic E-state index is -0.337.